The van der Waals surface area contributed by atoms with Crippen LogP contribution in [0.1, 0.15) is 38.6 Å². The summed E-state index contributed by atoms with van der Waals surface area (Å²) in [5, 5.41) is 17.0. The smallest absolute Gasteiger partial charge is 0.317 e. The third-order valence-corrected chi connectivity index (χ3v) is 3.59. The zero-order valence-corrected chi connectivity index (χ0v) is 11.1. The van der Waals surface area contributed by atoms with Crippen molar-refractivity contribution in [1.82, 2.24) is 15.2 Å². The van der Waals surface area contributed by atoms with E-state index in [1.165, 1.54) is 0 Å². The van der Waals surface area contributed by atoms with E-state index in [4.69, 9.17) is 5.11 Å². The Kier molecular flexibility index (Phi) is 5.34. The van der Waals surface area contributed by atoms with Gasteiger partial charge in [0.1, 0.15) is 5.25 Å². The minimum Gasteiger partial charge on any atom is -0.480 e. The highest BCUT2D eigenvalue weighted by atomic mass is 32.2. The van der Waals surface area contributed by atoms with Gasteiger partial charge in [0.2, 0.25) is 5.16 Å². The quantitative estimate of drug-likeness (QED) is 0.783. The number of thioether (sulfide) groups is 1. The van der Waals surface area contributed by atoms with Crippen molar-refractivity contribution >= 4 is 17.7 Å². The molecule has 17 heavy (non-hydrogen) atoms. The van der Waals surface area contributed by atoms with E-state index in [1.807, 2.05) is 20.8 Å². The molecule has 0 amide bonds. The summed E-state index contributed by atoms with van der Waals surface area (Å²) in [4.78, 5) is 15.3. The van der Waals surface area contributed by atoms with E-state index in [0.29, 0.717) is 11.6 Å². The van der Waals surface area contributed by atoms with Crippen LogP contribution in [0.15, 0.2) is 5.16 Å². The Morgan fingerprint density at radius 3 is 2.35 bits per heavy atom. The number of rotatable bonds is 6. The van der Waals surface area contributed by atoms with Gasteiger partial charge in [-0.25, -0.2) is 4.98 Å². The number of carbonyl (C=O) groups is 1. The summed E-state index contributed by atoms with van der Waals surface area (Å²) in [7, 11) is 0. The minimum atomic E-state index is -0.835. The number of aromatic nitrogens is 3. The van der Waals surface area contributed by atoms with E-state index in [-0.39, 0.29) is 0 Å². The largest absolute Gasteiger partial charge is 0.480 e. The second kappa shape index (κ2) is 6.54. The van der Waals surface area contributed by atoms with Crippen molar-refractivity contribution in [2.24, 2.45) is 0 Å². The molecule has 0 aliphatic rings. The van der Waals surface area contributed by atoms with Crippen LogP contribution in [0.5, 0.6) is 0 Å². The average molecular weight is 255 g/mol. The molecule has 0 saturated heterocycles. The molecule has 1 atom stereocenters. The molecule has 1 N–H and O–H groups in total. The van der Waals surface area contributed by atoms with Crippen LogP contribution < -0.4 is 0 Å². The van der Waals surface area contributed by atoms with Gasteiger partial charge < -0.3 is 5.11 Å². The normalized spacial score (nSPS) is 12.4. The molecule has 94 valence electrons. The van der Waals surface area contributed by atoms with Crippen LogP contribution in [0.25, 0.3) is 0 Å². The summed E-state index contributed by atoms with van der Waals surface area (Å²) in [5.74, 6) is -0.835. The van der Waals surface area contributed by atoms with Gasteiger partial charge in [0.25, 0.3) is 0 Å². The summed E-state index contributed by atoms with van der Waals surface area (Å²) in [5.41, 5.74) is 1.80. The Morgan fingerprint density at radius 1 is 1.24 bits per heavy atom. The Morgan fingerprint density at radius 2 is 1.88 bits per heavy atom. The first-order valence-corrected chi connectivity index (χ1v) is 6.62. The van der Waals surface area contributed by atoms with Crippen molar-refractivity contribution in [3.05, 3.63) is 11.4 Å². The van der Waals surface area contributed by atoms with Crippen LogP contribution in [0.2, 0.25) is 0 Å². The first-order chi connectivity index (χ1) is 8.12. The van der Waals surface area contributed by atoms with Crippen molar-refractivity contribution < 1.29 is 9.90 Å². The Labute approximate surface area is 105 Å². The van der Waals surface area contributed by atoms with E-state index >= 15 is 0 Å². The van der Waals surface area contributed by atoms with E-state index in [1.54, 1.807) is 0 Å². The molecule has 1 rings (SSSR count). The molecule has 1 aromatic heterocycles. The molecule has 5 nitrogen and oxygen atoms in total. The number of nitrogens with zero attached hydrogens (tertiary/aromatic N) is 3. The van der Waals surface area contributed by atoms with Gasteiger partial charge in [0, 0.05) is 0 Å². The Hall–Kier alpha value is -1.17. The molecule has 0 aromatic carbocycles. The molecular formula is C11H17N3O2S. The van der Waals surface area contributed by atoms with Crippen LogP contribution in [0, 0.1) is 0 Å². The van der Waals surface area contributed by atoms with Crippen molar-refractivity contribution in [3.8, 4) is 0 Å². The molecule has 0 saturated carbocycles. The van der Waals surface area contributed by atoms with Crippen LogP contribution >= 0.6 is 11.8 Å². The van der Waals surface area contributed by atoms with Gasteiger partial charge in [-0.2, -0.15) is 5.10 Å². The molecule has 0 aliphatic heterocycles. The van der Waals surface area contributed by atoms with E-state index in [2.05, 4.69) is 15.2 Å². The zero-order valence-electron chi connectivity index (χ0n) is 10.3. The monoisotopic (exact) mass is 255 g/mol. The highest BCUT2D eigenvalue weighted by Gasteiger charge is 2.19. The summed E-state index contributed by atoms with van der Waals surface area (Å²) < 4.78 is 0. The van der Waals surface area contributed by atoms with Gasteiger partial charge in [0.05, 0.1) is 11.4 Å². The second-order valence-corrected chi connectivity index (χ2v) is 4.72. The molecule has 0 aliphatic carbocycles. The summed E-state index contributed by atoms with van der Waals surface area (Å²) in [6.45, 7) is 5.84. The number of hydrogen-bond donors (Lipinski definition) is 1. The van der Waals surface area contributed by atoms with Gasteiger partial charge in [-0.15, -0.1) is 5.10 Å². The van der Waals surface area contributed by atoms with Gasteiger partial charge >= 0.3 is 5.97 Å². The van der Waals surface area contributed by atoms with Crippen LogP contribution in [0.4, 0.5) is 0 Å². The topological polar surface area (TPSA) is 76.0 Å². The molecule has 1 heterocycles. The second-order valence-electron chi connectivity index (χ2n) is 3.55. The highest BCUT2D eigenvalue weighted by Crippen LogP contribution is 2.22. The predicted molar refractivity (Wildman–Crippen MR) is 66.2 cm³/mol. The lowest BCUT2D eigenvalue weighted by molar-refractivity contribution is -0.136. The number of carboxylic acids is 1. The lowest BCUT2D eigenvalue weighted by Gasteiger charge is -2.09. The number of carboxylic acid groups (broad SMARTS) is 1. The van der Waals surface area contributed by atoms with Gasteiger partial charge in [-0.05, 0) is 19.3 Å². The van der Waals surface area contributed by atoms with E-state index in [0.717, 1.165) is 36.0 Å². The standard InChI is InChI=1S/C11H17N3O2S/c1-4-7-8(5-2)13-14-11(12-7)17-9(6-3)10(15)16/h9H,4-6H2,1-3H3,(H,15,16). The van der Waals surface area contributed by atoms with E-state index in [9.17, 15) is 4.79 Å². The maximum absolute atomic E-state index is 10.9. The molecule has 1 unspecified atom stereocenters. The average Bonchev–Trinajstić information content (AvgIpc) is 2.35. The van der Waals surface area contributed by atoms with Gasteiger partial charge in [0.15, 0.2) is 0 Å². The van der Waals surface area contributed by atoms with Gasteiger partial charge in [-0.3, -0.25) is 4.79 Å². The molecule has 0 bridgehead atoms. The molecule has 0 fully saturated rings. The van der Waals surface area contributed by atoms with E-state index < -0.39 is 11.2 Å². The highest BCUT2D eigenvalue weighted by molar-refractivity contribution is 8.00. The SMILES string of the molecule is CCc1nnc(SC(CC)C(=O)O)nc1CC. The number of hydrogen-bond acceptors (Lipinski definition) is 5. The number of aryl methyl sites for hydroxylation is 2. The minimum absolute atomic E-state index is 0.452. The fraction of sp³-hybridized carbons (Fsp3) is 0.636. The van der Waals surface area contributed by atoms with Crippen LogP contribution in [-0.4, -0.2) is 31.5 Å². The maximum Gasteiger partial charge on any atom is 0.317 e. The van der Waals surface area contributed by atoms with Crippen molar-refractivity contribution in [2.45, 2.75) is 50.4 Å². The van der Waals surface area contributed by atoms with Crippen LogP contribution in [-0.2, 0) is 17.6 Å². The first-order valence-electron chi connectivity index (χ1n) is 5.74. The first kappa shape index (κ1) is 13.9. The Bertz CT molecular complexity index is 398. The molecular weight excluding hydrogens is 238 g/mol. The van der Waals surface area contributed by atoms with Crippen LogP contribution in [0.3, 0.4) is 0 Å². The summed E-state index contributed by atoms with van der Waals surface area (Å²) >= 11 is 1.16. The molecule has 1 aromatic rings. The van der Waals surface area contributed by atoms with Crippen molar-refractivity contribution in [3.63, 3.8) is 0 Å². The zero-order chi connectivity index (χ0) is 12.8. The fourth-order valence-corrected chi connectivity index (χ4v) is 2.18. The Balaban J connectivity index is 2.88. The maximum atomic E-state index is 10.9. The third kappa shape index (κ3) is 3.66. The fourth-order valence-electron chi connectivity index (χ4n) is 1.41. The van der Waals surface area contributed by atoms with Crippen molar-refractivity contribution in [1.29, 1.82) is 0 Å². The molecule has 6 heteroatoms. The third-order valence-electron chi connectivity index (χ3n) is 2.38. The molecule has 0 spiro atoms. The number of aliphatic carboxylic acids is 1. The summed E-state index contributed by atoms with van der Waals surface area (Å²) in [6.07, 6.45) is 2.13. The molecule has 0 radical (unpaired) electrons. The van der Waals surface area contributed by atoms with Crippen molar-refractivity contribution in [2.75, 3.05) is 0 Å². The van der Waals surface area contributed by atoms with Gasteiger partial charge in [-0.1, -0.05) is 32.5 Å². The predicted octanol–water partition coefficient (Wildman–Crippen LogP) is 1.95. The lowest BCUT2D eigenvalue weighted by Crippen LogP contribution is -2.16. The summed E-state index contributed by atoms with van der Waals surface area (Å²) in [6, 6.07) is 0. The lowest BCUT2D eigenvalue weighted by atomic mass is 10.2.